The molecule has 3 rings (SSSR count). The van der Waals surface area contributed by atoms with E-state index in [2.05, 4.69) is 9.80 Å². The Morgan fingerprint density at radius 1 is 1.13 bits per heavy atom. The first-order chi connectivity index (χ1) is 11.2. The third kappa shape index (κ3) is 4.79. The highest BCUT2D eigenvalue weighted by atomic mass is 32.2. The summed E-state index contributed by atoms with van der Waals surface area (Å²) in [6, 6.07) is 6.68. The number of rotatable bonds is 4. The molecule has 1 aromatic rings. The zero-order chi connectivity index (χ0) is 16.1. The van der Waals surface area contributed by atoms with Crippen molar-refractivity contribution in [3.63, 3.8) is 0 Å². The lowest BCUT2D eigenvalue weighted by Gasteiger charge is -2.37. The molecule has 23 heavy (non-hydrogen) atoms. The molecule has 0 atom stereocenters. The molecule has 4 nitrogen and oxygen atoms in total. The summed E-state index contributed by atoms with van der Waals surface area (Å²) in [5.74, 6) is 0.724. The van der Waals surface area contributed by atoms with Gasteiger partial charge < -0.3 is 19.3 Å². The van der Waals surface area contributed by atoms with Crippen LogP contribution in [0.1, 0.15) is 6.42 Å². The first-order valence-corrected chi connectivity index (χ1v) is 9.27. The van der Waals surface area contributed by atoms with Crippen molar-refractivity contribution in [1.29, 1.82) is 0 Å². The number of halogens is 1. The van der Waals surface area contributed by atoms with E-state index in [-0.39, 0.29) is 12.1 Å². The van der Waals surface area contributed by atoms with E-state index in [4.69, 9.17) is 21.7 Å². The maximum Gasteiger partial charge on any atom is 0.158 e. The molecule has 126 valence electrons. The van der Waals surface area contributed by atoms with Gasteiger partial charge in [-0.25, -0.2) is 4.39 Å². The molecule has 0 radical (unpaired) electrons. The lowest BCUT2D eigenvalue weighted by molar-refractivity contribution is -0.0421. The highest BCUT2D eigenvalue weighted by Crippen LogP contribution is 2.20. The maximum atomic E-state index is 13.0. The van der Waals surface area contributed by atoms with Crippen molar-refractivity contribution in [2.24, 2.45) is 0 Å². The average Bonchev–Trinajstić information content (AvgIpc) is 3.09. The van der Waals surface area contributed by atoms with Crippen molar-refractivity contribution >= 4 is 34.0 Å². The molecule has 0 spiro atoms. The number of anilines is 1. The molecule has 0 N–H and O–H groups in total. The van der Waals surface area contributed by atoms with Crippen LogP contribution >= 0.6 is 24.0 Å². The maximum absolute atomic E-state index is 13.0. The van der Waals surface area contributed by atoms with Gasteiger partial charge in [-0.15, -0.1) is 0 Å². The molecule has 0 bridgehead atoms. The summed E-state index contributed by atoms with van der Waals surface area (Å²) in [7, 11) is 0. The minimum atomic E-state index is -0.194. The number of hydrogen-bond donors (Lipinski definition) is 0. The third-order valence-electron chi connectivity index (χ3n) is 4.00. The molecular formula is C16H21FN2O2S2. The number of ether oxygens (including phenoxy) is 2. The van der Waals surface area contributed by atoms with E-state index in [9.17, 15) is 4.39 Å². The first-order valence-electron chi connectivity index (χ1n) is 7.88. The minimum absolute atomic E-state index is 0.0550. The average molecular weight is 356 g/mol. The van der Waals surface area contributed by atoms with E-state index < -0.39 is 0 Å². The predicted molar refractivity (Wildman–Crippen MR) is 95.6 cm³/mol. The molecular weight excluding hydrogens is 335 g/mol. The molecule has 2 fully saturated rings. The molecule has 7 heteroatoms. The number of benzene rings is 1. The van der Waals surface area contributed by atoms with Gasteiger partial charge in [-0.05, 0) is 24.3 Å². The van der Waals surface area contributed by atoms with Crippen LogP contribution in [0.3, 0.4) is 0 Å². The topological polar surface area (TPSA) is 24.9 Å². The molecule has 0 aliphatic carbocycles. The zero-order valence-corrected chi connectivity index (χ0v) is 14.6. The van der Waals surface area contributed by atoms with E-state index >= 15 is 0 Å². The lowest BCUT2D eigenvalue weighted by Crippen LogP contribution is -2.47. The number of thioether (sulfide) groups is 1. The molecule has 1 aromatic carbocycles. The van der Waals surface area contributed by atoms with Gasteiger partial charge in [-0.1, -0.05) is 24.0 Å². The Kier molecular flexibility index (Phi) is 6.10. The zero-order valence-electron chi connectivity index (χ0n) is 12.9. The van der Waals surface area contributed by atoms with Gasteiger partial charge in [0.2, 0.25) is 0 Å². The van der Waals surface area contributed by atoms with Crippen LogP contribution in [0, 0.1) is 5.82 Å². The second kappa shape index (κ2) is 8.28. The van der Waals surface area contributed by atoms with Crippen LogP contribution in [0.2, 0.25) is 0 Å². The van der Waals surface area contributed by atoms with Gasteiger partial charge in [-0.3, -0.25) is 0 Å². The normalized spacial score (nSPS) is 19.3. The van der Waals surface area contributed by atoms with Crippen molar-refractivity contribution in [1.82, 2.24) is 4.90 Å². The Labute approximate surface area is 145 Å². The summed E-state index contributed by atoms with van der Waals surface area (Å²) in [6.07, 6.45) is 0.820. The highest BCUT2D eigenvalue weighted by Gasteiger charge is 2.20. The van der Waals surface area contributed by atoms with Crippen LogP contribution in [0.15, 0.2) is 24.3 Å². The summed E-state index contributed by atoms with van der Waals surface area (Å²) in [4.78, 5) is 4.51. The third-order valence-corrected chi connectivity index (χ3v) is 5.56. The van der Waals surface area contributed by atoms with Crippen molar-refractivity contribution in [2.45, 2.75) is 12.7 Å². The SMILES string of the molecule is Fc1ccc(N2CCN(C(=S)SCCC3OCCO3)CC2)cc1. The van der Waals surface area contributed by atoms with Crippen molar-refractivity contribution in [2.75, 3.05) is 50.0 Å². The molecule has 0 unspecified atom stereocenters. The van der Waals surface area contributed by atoms with Crippen LogP contribution in [0.25, 0.3) is 0 Å². The van der Waals surface area contributed by atoms with Gasteiger partial charge in [-0.2, -0.15) is 0 Å². The smallest absolute Gasteiger partial charge is 0.158 e. The fourth-order valence-corrected chi connectivity index (χ4v) is 3.99. The van der Waals surface area contributed by atoms with Gasteiger partial charge >= 0.3 is 0 Å². The highest BCUT2D eigenvalue weighted by molar-refractivity contribution is 8.22. The molecule has 0 saturated carbocycles. The van der Waals surface area contributed by atoms with Crippen molar-refractivity contribution in [3.8, 4) is 0 Å². The molecule has 2 heterocycles. The standard InChI is InChI=1S/C16H21FN2O2S2/c17-13-1-3-14(4-2-13)18-6-8-19(9-7-18)16(22)23-12-5-15-20-10-11-21-15/h1-4,15H,5-12H2. The van der Waals surface area contributed by atoms with E-state index in [1.807, 2.05) is 12.1 Å². The van der Waals surface area contributed by atoms with Crippen molar-refractivity contribution in [3.05, 3.63) is 30.1 Å². The number of nitrogens with zero attached hydrogens (tertiary/aromatic N) is 2. The quantitative estimate of drug-likeness (QED) is 0.770. The Morgan fingerprint density at radius 3 is 2.43 bits per heavy atom. The van der Waals surface area contributed by atoms with E-state index in [1.165, 1.54) is 12.1 Å². The monoisotopic (exact) mass is 356 g/mol. The Balaban J connectivity index is 1.39. The summed E-state index contributed by atoms with van der Waals surface area (Å²) >= 11 is 7.22. The van der Waals surface area contributed by atoms with E-state index in [0.29, 0.717) is 13.2 Å². The van der Waals surface area contributed by atoms with Crippen LogP contribution < -0.4 is 4.90 Å². The minimum Gasteiger partial charge on any atom is -0.368 e. The van der Waals surface area contributed by atoms with Crippen LogP contribution in [-0.2, 0) is 9.47 Å². The van der Waals surface area contributed by atoms with Gasteiger partial charge in [0.15, 0.2) is 6.29 Å². The largest absolute Gasteiger partial charge is 0.368 e. The molecule has 0 aromatic heterocycles. The lowest BCUT2D eigenvalue weighted by atomic mass is 10.2. The predicted octanol–water partition coefficient (Wildman–Crippen LogP) is 2.73. The number of thiocarbonyl (C=S) groups is 1. The fourth-order valence-electron chi connectivity index (χ4n) is 2.71. The summed E-state index contributed by atoms with van der Waals surface area (Å²) < 4.78 is 24.8. The van der Waals surface area contributed by atoms with Crippen LogP contribution in [0.5, 0.6) is 0 Å². The van der Waals surface area contributed by atoms with Gasteiger partial charge in [0.05, 0.1) is 13.2 Å². The Bertz CT molecular complexity index is 515. The Morgan fingerprint density at radius 2 is 1.78 bits per heavy atom. The van der Waals surface area contributed by atoms with Crippen LogP contribution in [0.4, 0.5) is 10.1 Å². The van der Waals surface area contributed by atoms with Crippen LogP contribution in [-0.4, -0.2) is 60.7 Å². The second-order valence-corrected chi connectivity index (χ2v) is 7.25. The van der Waals surface area contributed by atoms with E-state index in [0.717, 1.165) is 48.4 Å². The van der Waals surface area contributed by atoms with Gasteiger partial charge in [0, 0.05) is 44.0 Å². The molecule has 2 aliphatic rings. The fraction of sp³-hybridized carbons (Fsp3) is 0.562. The summed E-state index contributed by atoms with van der Waals surface area (Å²) in [5, 5.41) is 0. The first kappa shape index (κ1) is 17.0. The van der Waals surface area contributed by atoms with Gasteiger partial charge in [0.1, 0.15) is 10.1 Å². The molecule has 2 saturated heterocycles. The molecule has 0 amide bonds. The second-order valence-electron chi connectivity index (χ2n) is 5.52. The Hall–Kier alpha value is -0.890. The summed E-state index contributed by atoms with van der Waals surface area (Å²) in [6.45, 7) is 5.01. The van der Waals surface area contributed by atoms with Gasteiger partial charge in [0.25, 0.3) is 0 Å². The number of piperazine rings is 1. The molecule has 2 aliphatic heterocycles. The summed E-state index contributed by atoms with van der Waals surface area (Å²) in [5.41, 5.74) is 1.07. The van der Waals surface area contributed by atoms with Crippen molar-refractivity contribution < 1.29 is 13.9 Å². The van der Waals surface area contributed by atoms with E-state index in [1.54, 1.807) is 11.8 Å². The number of hydrogen-bond acceptors (Lipinski definition) is 5.